The Morgan fingerprint density at radius 3 is 2.94 bits per heavy atom. The summed E-state index contributed by atoms with van der Waals surface area (Å²) in [7, 11) is 0. The second-order valence-corrected chi connectivity index (χ2v) is 4.68. The summed E-state index contributed by atoms with van der Waals surface area (Å²) in [5.41, 5.74) is 0.461. The Kier molecular flexibility index (Phi) is 3.56. The number of hydrogen-bond donors (Lipinski definition) is 2. The van der Waals surface area contributed by atoms with Crippen molar-refractivity contribution in [1.82, 2.24) is 5.32 Å². The first-order valence-electron chi connectivity index (χ1n) is 5.13. The van der Waals surface area contributed by atoms with Crippen molar-refractivity contribution in [1.29, 1.82) is 0 Å². The van der Waals surface area contributed by atoms with Gasteiger partial charge in [-0.2, -0.15) is 0 Å². The van der Waals surface area contributed by atoms with Crippen LogP contribution in [-0.2, 0) is 4.79 Å². The molecule has 0 aromatic heterocycles. The van der Waals surface area contributed by atoms with Gasteiger partial charge in [-0.1, -0.05) is 0 Å². The molecule has 0 saturated heterocycles. The Balaban J connectivity index is 1.91. The summed E-state index contributed by atoms with van der Waals surface area (Å²) in [6.07, 6.45) is 2.27. The van der Waals surface area contributed by atoms with Crippen molar-refractivity contribution in [2.75, 3.05) is 11.9 Å². The van der Waals surface area contributed by atoms with Gasteiger partial charge in [-0.15, -0.1) is 0 Å². The van der Waals surface area contributed by atoms with E-state index in [2.05, 4.69) is 26.6 Å². The van der Waals surface area contributed by atoms with E-state index in [1.807, 2.05) is 0 Å². The standard InChI is InChI=1S/C11H12BrFN2O/c12-9-4-1-7(13)5-10(9)15-11(16)6-14-8-2-3-8/h1,4-5,8,14H,2-3,6H2,(H,15,16). The zero-order valence-electron chi connectivity index (χ0n) is 8.59. The van der Waals surface area contributed by atoms with Crippen LogP contribution in [0.15, 0.2) is 22.7 Å². The molecule has 1 aromatic carbocycles. The Bertz CT molecular complexity index is 407. The van der Waals surface area contributed by atoms with Crippen LogP contribution in [-0.4, -0.2) is 18.5 Å². The van der Waals surface area contributed by atoms with Crippen molar-refractivity contribution in [3.8, 4) is 0 Å². The molecule has 1 fully saturated rings. The van der Waals surface area contributed by atoms with E-state index in [1.165, 1.54) is 12.1 Å². The molecule has 1 aromatic rings. The first-order chi connectivity index (χ1) is 7.65. The van der Waals surface area contributed by atoms with Gasteiger partial charge in [0.25, 0.3) is 0 Å². The van der Waals surface area contributed by atoms with Gasteiger partial charge in [0.05, 0.1) is 12.2 Å². The molecule has 16 heavy (non-hydrogen) atoms. The maximum atomic E-state index is 12.9. The van der Waals surface area contributed by atoms with Gasteiger partial charge in [0.15, 0.2) is 0 Å². The number of carbonyl (C=O) groups excluding carboxylic acids is 1. The molecule has 1 aliphatic rings. The molecular formula is C11H12BrFN2O. The summed E-state index contributed by atoms with van der Waals surface area (Å²) >= 11 is 3.25. The van der Waals surface area contributed by atoms with Gasteiger partial charge in [0, 0.05) is 10.5 Å². The van der Waals surface area contributed by atoms with Crippen LogP contribution < -0.4 is 10.6 Å². The summed E-state index contributed by atoms with van der Waals surface area (Å²) in [4.78, 5) is 11.5. The number of amides is 1. The van der Waals surface area contributed by atoms with Crippen molar-refractivity contribution >= 4 is 27.5 Å². The average Bonchev–Trinajstić information content (AvgIpc) is 3.04. The Labute approximate surface area is 102 Å². The van der Waals surface area contributed by atoms with Crippen molar-refractivity contribution in [2.45, 2.75) is 18.9 Å². The van der Waals surface area contributed by atoms with E-state index >= 15 is 0 Å². The summed E-state index contributed by atoms with van der Waals surface area (Å²) < 4.78 is 13.6. The van der Waals surface area contributed by atoms with Crippen molar-refractivity contribution in [2.24, 2.45) is 0 Å². The van der Waals surface area contributed by atoms with Crippen LogP contribution >= 0.6 is 15.9 Å². The van der Waals surface area contributed by atoms with Gasteiger partial charge in [-0.25, -0.2) is 4.39 Å². The lowest BCUT2D eigenvalue weighted by Crippen LogP contribution is -2.29. The summed E-state index contributed by atoms with van der Waals surface area (Å²) in [6.45, 7) is 0.271. The van der Waals surface area contributed by atoms with Gasteiger partial charge < -0.3 is 10.6 Å². The van der Waals surface area contributed by atoms with Crippen LogP contribution in [0.3, 0.4) is 0 Å². The topological polar surface area (TPSA) is 41.1 Å². The number of hydrogen-bond acceptors (Lipinski definition) is 2. The third-order valence-electron chi connectivity index (χ3n) is 2.33. The first kappa shape index (κ1) is 11.5. The maximum Gasteiger partial charge on any atom is 0.238 e. The monoisotopic (exact) mass is 286 g/mol. The molecule has 0 unspecified atom stereocenters. The predicted molar refractivity (Wildman–Crippen MR) is 63.8 cm³/mol. The zero-order valence-corrected chi connectivity index (χ0v) is 10.2. The lowest BCUT2D eigenvalue weighted by Gasteiger charge is -2.07. The molecule has 2 N–H and O–H groups in total. The minimum Gasteiger partial charge on any atom is -0.324 e. The molecular weight excluding hydrogens is 275 g/mol. The minimum atomic E-state index is -0.367. The largest absolute Gasteiger partial charge is 0.324 e. The predicted octanol–water partition coefficient (Wildman–Crippen LogP) is 2.28. The van der Waals surface area contributed by atoms with Gasteiger partial charge in [0.2, 0.25) is 5.91 Å². The van der Waals surface area contributed by atoms with Gasteiger partial charge in [-0.05, 0) is 47.0 Å². The van der Waals surface area contributed by atoms with E-state index in [0.717, 1.165) is 12.8 Å². The normalized spacial score (nSPS) is 14.9. The van der Waals surface area contributed by atoms with Crippen molar-refractivity contribution < 1.29 is 9.18 Å². The molecule has 1 aliphatic carbocycles. The molecule has 2 rings (SSSR count). The van der Waals surface area contributed by atoms with Crippen LogP contribution in [0.2, 0.25) is 0 Å². The molecule has 0 radical (unpaired) electrons. The summed E-state index contributed by atoms with van der Waals surface area (Å²) in [5.74, 6) is -0.521. The first-order valence-corrected chi connectivity index (χ1v) is 5.93. The number of halogens is 2. The lowest BCUT2D eigenvalue weighted by molar-refractivity contribution is -0.115. The fourth-order valence-corrected chi connectivity index (χ4v) is 1.66. The fraction of sp³-hybridized carbons (Fsp3) is 0.364. The molecule has 3 nitrogen and oxygen atoms in total. The second-order valence-electron chi connectivity index (χ2n) is 3.83. The molecule has 1 amide bonds. The van der Waals surface area contributed by atoms with Gasteiger partial charge in [0.1, 0.15) is 5.82 Å². The molecule has 0 spiro atoms. The molecule has 5 heteroatoms. The van der Waals surface area contributed by atoms with Crippen LogP contribution in [0.5, 0.6) is 0 Å². The Morgan fingerprint density at radius 1 is 1.50 bits per heavy atom. The molecule has 0 heterocycles. The average molecular weight is 287 g/mol. The van der Waals surface area contributed by atoms with E-state index in [0.29, 0.717) is 16.2 Å². The smallest absolute Gasteiger partial charge is 0.238 e. The van der Waals surface area contributed by atoms with Crippen molar-refractivity contribution in [3.63, 3.8) is 0 Å². The number of benzene rings is 1. The molecule has 86 valence electrons. The van der Waals surface area contributed by atoms with E-state index in [1.54, 1.807) is 6.07 Å². The Morgan fingerprint density at radius 2 is 2.25 bits per heavy atom. The van der Waals surface area contributed by atoms with E-state index in [4.69, 9.17) is 0 Å². The second kappa shape index (κ2) is 4.93. The molecule has 0 aliphatic heterocycles. The van der Waals surface area contributed by atoms with Crippen LogP contribution in [0.1, 0.15) is 12.8 Å². The van der Waals surface area contributed by atoms with Crippen molar-refractivity contribution in [3.05, 3.63) is 28.5 Å². The quantitative estimate of drug-likeness (QED) is 0.892. The summed E-state index contributed by atoms with van der Waals surface area (Å²) in [5, 5.41) is 5.74. The lowest BCUT2D eigenvalue weighted by atomic mass is 10.3. The highest BCUT2D eigenvalue weighted by Crippen LogP contribution is 2.23. The number of carbonyl (C=O) groups is 1. The maximum absolute atomic E-state index is 12.9. The Hall–Kier alpha value is -0.940. The van der Waals surface area contributed by atoms with Gasteiger partial charge in [-0.3, -0.25) is 4.79 Å². The third kappa shape index (κ3) is 3.28. The van der Waals surface area contributed by atoms with E-state index in [-0.39, 0.29) is 18.3 Å². The summed E-state index contributed by atoms with van der Waals surface area (Å²) in [6, 6.07) is 4.68. The minimum absolute atomic E-state index is 0.154. The molecule has 1 saturated carbocycles. The highest BCUT2D eigenvalue weighted by atomic mass is 79.9. The van der Waals surface area contributed by atoms with E-state index in [9.17, 15) is 9.18 Å². The van der Waals surface area contributed by atoms with Crippen LogP contribution in [0.4, 0.5) is 10.1 Å². The highest BCUT2D eigenvalue weighted by Gasteiger charge is 2.21. The molecule has 0 atom stereocenters. The number of anilines is 1. The van der Waals surface area contributed by atoms with Crippen LogP contribution in [0, 0.1) is 5.82 Å². The van der Waals surface area contributed by atoms with Gasteiger partial charge >= 0.3 is 0 Å². The molecule has 0 bridgehead atoms. The third-order valence-corrected chi connectivity index (χ3v) is 3.02. The van der Waals surface area contributed by atoms with Crippen LogP contribution in [0.25, 0.3) is 0 Å². The SMILES string of the molecule is O=C(CNC1CC1)Nc1cc(F)ccc1Br. The number of nitrogens with one attached hydrogen (secondary N) is 2. The number of rotatable bonds is 4. The fourth-order valence-electron chi connectivity index (χ4n) is 1.31. The van der Waals surface area contributed by atoms with E-state index < -0.39 is 0 Å². The highest BCUT2D eigenvalue weighted by molar-refractivity contribution is 9.10. The zero-order chi connectivity index (χ0) is 11.5.